The Morgan fingerprint density at radius 3 is 2.83 bits per heavy atom. The van der Waals surface area contributed by atoms with Crippen LogP contribution in [0.15, 0.2) is 18.5 Å². The van der Waals surface area contributed by atoms with E-state index >= 15 is 0 Å². The van der Waals surface area contributed by atoms with Crippen LogP contribution in [0.1, 0.15) is 26.1 Å². The minimum atomic E-state index is -0.777. The van der Waals surface area contributed by atoms with E-state index in [1.807, 2.05) is 31.5 Å². The number of carbonyl (C=O) groups is 1. The summed E-state index contributed by atoms with van der Waals surface area (Å²) in [4.78, 5) is 19.4. The van der Waals surface area contributed by atoms with Gasteiger partial charge in [0.05, 0.1) is 23.7 Å². The molecule has 0 aliphatic heterocycles. The van der Waals surface area contributed by atoms with E-state index in [4.69, 9.17) is 5.11 Å². The number of hydrogen-bond acceptors (Lipinski definition) is 3. The van der Waals surface area contributed by atoms with Crippen molar-refractivity contribution < 1.29 is 9.90 Å². The highest BCUT2D eigenvalue weighted by molar-refractivity contribution is 5.74. The molecule has 0 unspecified atom stereocenters. The highest BCUT2D eigenvalue weighted by Gasteiger charge is 2.24. The van der Waals surface area contributed by atoms with Crippen LogP contribution < -0.4 is 0 Å². The summed E-state index contributed by atoms with van der Waals surface area (Å²) in [6.07, 6.45) is 4.25. The minimum Gasteiger partial charge on any atom is -0.481 e. The standard InChI is InChI=1S/C13H17N3O2/c1-13(2,7-12(17)18)6-11-15-9-4-5-14-8-10(9)16(11)3/h4-5,8H,6-7H2,1-3H3,(H,17,18). The molecule has 2 aromatic heterocycles. The zero-order valence-electron chi connectivity index (χ0n) is 10.8. The molecular formula is C13H17N3O2. The predicted molar refractivity (Wildman–Crippen MR) is 68.2 cm³/mol. The average molecular weight is 247 g/mol. The Labute approximate surface area is 105 Å². The van der Waals surface area contributed by atoms with Gasteiger partial charge in [0.15, 0.2) is 0 Å². The lowest BCUT2D eigenvalue weighted by Crippen LogP contribution is -2.21. The van der Waals surface area contributed by atoms with Crippen molar-refractivity contribution in [3.05, 3.63) is 24.3 Å². The highest BCUT2D eigenvalue weighted by atomic mass is 16.4. The van der Waals surface area contributed by atoms with Crippen molar-refractivity contribution in [1.29, 1.82) is 0 Å². The van der Waals surface area contributed by atoms with E-state index in [0.29, 0.717) is 6.42 Å². The van der Waals surface area contributed by atoms with Gasteiger partial charge in [-0.25, -0.2) is 4.98 Å². The molecule has 2 heterocycles. The molecule has 2 aromatic rings. The Bertz CT molecular complexity index is 587. The monoisotopic (exact) mass is 247 g/mol. The predicted octanol–water partition coefficient (Wildman–Crippen LogP) is 2.01. The van der Waals surface area contributed by atoms with E-state index in [2.05, 4.69) is 9.97 Å². The first-order valence-electron chi connectivity index (χ1n) is 5.86. The Kier molecular flexibility index (Phi) is 3.07. The summed E-state index contributed by atoms with van der Waals surface area (Å²) in [5.41, 5.74) is 1.56. The Hall–Kier alpha value is -1.91. The summed E-state index contributed by atoms with van der Waals surface area (Å²) in [6, 6.07) is 1.86. The Morgan fingerprint density at radius 1 is 1.50 bits per heavy atom. The van der Waals surface area contributed by atoms with E-state index in [1.165, 1.54) is 0 Å². The maximum absolute atomic E-state index is 10.8. The van der Waals surface area contributed by atoms with Gasteiger partial charge >= 0.3 is 5.97 Å². The molecular weight excluding hydrogens is 230 g/mol. The van der Waals surface area contributed by atoms with Crippen molar-refractivity contribution in [2.24, 2.45) is 12.5 Å². The smallest absolute Gasteiger partial charge is 0.303 e. The second kappa shape index (κ2) is 4.40. The number of carboxylic acids is 1. The summed E-state index contributed by atoms with van der Waals surface area (Å²) < 4.78 is 1.98. The zero-order chi connectivity index (χ0) is 13.3. The van der Waals surface area contributed by atoms with Crippen LogP contribution in [0.5, 0.6) is 0 Å². The van der Waals surface area contributed by atoms with Crippen LogP contribution in [-0.2, 0) is 18.3 Å². The van der Waals surface area contributed by atoms with Crippen molar-refractivity contribution >= 4 is 17.0 Å². The number of aryl methyl sites for hydroxylation is 1. The van der Waals surface area contributed by atoms with E-state index in [0.717, 1.165) is 16.9 Å². The van der Waals surface area contributed by atoms with E-state index in [1.54, 1.807) is 12.4 Å². The van der Waals surface area contributed by atoms with Gasteiger partial charge in [-0.3, -0.25) is 9.78 Å². The lowest BCUT2D eigenvalue weighted by atomic mass is 9.85. The normalized spacial score (nSPS) is 11.9. The largest absolute Gasteiger partial charge is 0.481 e. The maximum atomic E-state index is 10.8. The molecule has 0 aromatic carbocycles. The lowest BCUT2D eigenvalue weighted by Gasteiger charge is -2.21. The molecule has 1 N–H and O–H groups in total. The molecule has 0 aliphatic rings. The molecule has 0 fully saturated rings. The number of fused-ring (bicyclic) bond motifs is 1. The molecule has 0 atom stereocenters. The van der Waals surface area contributed by atoms with E-state index in [-0.39, 0.29) is 11.8 Å². The lowest BCUT2D eigenvalue weighted by molar-refractivity contribution is -0.139. The summed E-state index contributed by atoms with van der Waals surface area (Å²) in [5, 5.41) is 8.90. The van der Waals surface area contributed by atoms with Crippen LogP contribution in [0.2, 0.25) is 0 Å². The first-order chi connectivity index (χ1) is 8.39. The zero-order valence-corrected chi connectivity index (χ0v) is 10.8. The Balaban J connectivity index is 2.32. The molecule has 2 rings (SSSR count). The van der Waals surface area contributed by atoms with Crippen molar-refractivity contribution in [3.63, 3.8) is 0 Å². The fourth-order valence-corrected chi connectivity index (χ4v) is 2.14. The summed E-state index contributed by atoms with van der Waals surface area (Å²) in [5.74, 6) is 0.115. The van der Waals surface area contributed by atoms with E-state index in [9.17, 15) is 4.79 Å². The van der Waals surface area contributed by atoms with Crippen LogP contribution in [0.25, 0.3) is 11.0 Å². The number of aliphatic carboxylic acids is 1. The minimum absolute atomic E-state index is 0.133. The molecule has 0 amide bonds. The summed E-state index contributed by atoms with van der Waals surface area (Å²) >= 11 is 0. The third-order valence-electron chi connectivity index (χ3n) is 3.04. The van der Waals surface area contributed by atoms with Crippen LogP contribution in [0.4, 0.5) is 0 Å². The van der Waals surface area contributed by atoms with Gasteiger partial charge in [0.1, 0.15) is 5.82 Å². The first kappa shape index (κ1) is 12.5. The fourth-order valence-electron chi connectivity index (χ4n) is 2.14. The number of imidazole rings is 1. The van der Waals surface area contributed by atoms with Gasteiger partial charge in [-0.1, -0.05) is 13.8 Å². The fraction of sp³-hybridized carbons (Fsp3) is 0.462. The molecule has 96 valence electrons. The van der Waals surface area contributed by atoms with Gasteiger partial charge in [0.2, 0.25) is 0 Å². The van der Waals surface area contributed by atoms with Crippen LogP contribution in [0.3, 0.4) is 0 Å². The van der Waals surface area contributed by atoms with Crippen molar-refractivity contribution in [2.75, 3.05) is 0 Å². The number of pyridine rings is 1. The molecule has 18 heavy (non-hydrogen) atoms. The molecule has 0 bridgehead atoms. The number of carboxylic acid groups (broad SMARTS) is 1. The number of aromatic nitrogens is 3. The van der Waals surface area contributed by atoms with Gasteiger partial charge < -0.3 is 9.67 Å². The van der Waals surface area contributed by atoms with Crippen LogP contribution in [-0.4, -0.2) is 25.6 Å². The third-order valence-corrected chi connectivity index (χ3v) is 3.04. The van der Waals surface area contributed by atoms with Gasteiger partial charge in [0, 0.05) is 19.7 Å². The van der Waals surface area contributed by atoms with Gasteiger partial charge in [-0.2, -0.15) is 0 Å². The molecule has 0 aliphatic carbocycles. The van der Waals surface area contributed by atoms with Gasteiger partial charge in [0.25, 0.3) is 0 Å². The molecule has 5 nitrogen and oxygen atoms in total. The Morgan fingerprint density at radius 2 is 2.22 bits per heavy atom. The molecule has 5 heteroatoms. The highest BCUT2D eigenvalue weighted by Crippen LogP contribution is 2.26. The van der Waals surface area contributed by atoms with Crippen molar-refractivity contribution in [2.45, 2.75) is 26.7 Å². The van der Waals surface area contributed by atoms with Crippen molar-refractivity contribution in [3.8, 4) is 0 Å². The summed E-state index contributed by atoms with van der Waals surface area (Å²) in [7, 11) is 1.93. The van der Waals surface area contributed by atoms with Crippen molar-refractivity contribution in [1.82, 2.24) is 14.5 Å². The second-order valence-corrected chi connectivity index (χ2v) is 5.36. The second-order valence-electron chi connectivity index (χ2n) is 5.36. The summed E-state index contributed by atoms with van der Waals surface area (Å²) in [6.45, 7) is 3.89. The molecule has 0 saturated heterocycles. The molecule has 0 saturated carbocycles. The number of nitrogens with zero attached hydrogens (tertiary/aromatic N) is 3. The van der Waals surface area contributed by atoms with E-state index < -0.39 is 5.97 Å². The van der Waals surface area contributed by atoms with Gasteiger partial charge in [-0.05, 0) is 11.5 Å². The average Bonchev–Trinajstić information content (AvgIpc) is 2.54. The van der Waals surface area contributed by atoms with Crippen LogP contribution in [0, 0.1) is 5.41 Å². The first-order valence-corrected chi connectivity index (χ1v) is 5.86. The van der Waals surface area contributed by atoms with Gasteiger partial charge in [-0.15, -0.1) is 0 Å². The third kappa shape index (κ3) is 2.50. The topological polar surface area (TPSA) is 68.0 Å². The quantitative estimate of drug-likeness (QED) is 0.897. The molecule has 0 spiro atoms. The maximum Gasteiger partial charge on any atom is 0.303 e. The van der Waals surface area contributed by atoms with Crippen LogP contribution >= 0.6 is 0 Å². The number of hydrogen-bond donors (Lipinski definition) is 1. The molecule has 0 radical (unpaired) electrons. The number of rotatable bonds is 4. The SMILES string of the molecule is Cn1c(CC(C)(C)CC(=O)O)nc2ccncc21.